The summed E-state index contributed by atoms with van der Waals surface area (Å²) in [6.45, 7) is 3.21. The van der Waals surface area contributed by atoms with Crippen LogP contribution in [0.3, 0.4) is 0 Å². The molecule has 0 amide bonds. The first-order valence-corrected chi connectivity index (χ1v) is 4.52. The van der Waals surface area contributed by atoms with Crippen LogP contribution < -0.4 is 61.2 Å². The third-order valence-corrected chi connectivity index (χ3v) is 2.01. The van der Waals surface area contributed by atoms with E-state index in [-0.39, 0.29) is 51.4 Å². The molecule has 0 aromatic heterocycles. The van der Waals surface area contributed by atoms with Gasteiger partial charge in [0.25, 0.3) is 0 Å². The van der Waals surface area contributed by atoms with E-state index in [1.165, 1.54) is 6.92 Å². The van der Waals surface area contributed by atoms with Crippen molar-refractivity contribution in [1.29, 1.82) is 0 Å². The molecule has 0 aliphatic heterocycles. The fourth-order valence-electron chi connectivity index (χ4n) is 0.984. The number of benzene rings is 1. The maximum absolute atomic E-state index is 10.4. The third kappa shape index (κ3) is 4.85. The number of rotatable bonds is 3. The van der Waals surface area contributed by atoms with Gasteiger partial charge in [0, 0.05) is 5.02 Å². The summed E-state index contributed by atoms with van der Waals surface area (Å²) in [6, 6.07) is 4.99. The largest absolute Gasteiger partial charge is 1.00 e. The van der Waals surface area contributed by atoms with Crippen LogP contribution in [0.1, 0.15) is 12.5 Å². The molecule has 76 valence electrons. The van der Waals surface area contributed by atoms with E-state index in [0.29, 0.717) is 10.8 Å². The summed E-state index contributed by atoms with van der Waals surface area (Å²) < 4.78 is 5.14. The Morgan fingerprint density at radius 3 is 2.60 bits per heavy atom. The minimum atomic E-state index is -1.24. The Bertz CT molecular complexity index is 355. The van der Waals surface area contributed by atoms with Crippen LogP contribution in [-0.2, 0) is 4.79 Å². The Hall–Kier alpha value is 0.416. The number of carboxylic acid groups (broad SMARTS) is 1. The molecule has 0 heterocycles. The van der Waals surface area contributed by atoms with Gasteiger partial charge in [0.05, 0.1) is 5.97 Å². The van der Waals surface area contributed by atoms with Gasteiger partial charge in [-0.3, -0.25) is 0 Å². The van der Waals surface area contributed by atoms with Crippen molar-refractivity contribution < 1.29 is 66.0 Å². The molecule has 0 bridgehead atoms. The molecule has 5 heteroatoms. The molecule has 0 N–H and O–H groups in total. The predicted octanol–water partition coefficient (Wildman–Crippen LogP) is -1.83. The van der Waals surface area contributed by atoms with E-state index in [1.807, 2.05) is 0 Å². The van der Waals surface area contributed by atoms with Crippen molar-refractivity contribution in [2.24, 2.45) is 0 Å². The number of carbonyl (C=O) groups is 1. The van der Waals surface area contributed by atoms with Crippen LogP contribution in [0.25, 0.3) is 0 Å². The number of ether oxygens (including phenoxy) is 1. The number of carboxylic acids is 1. The van der Waals surface area contributed by atoms with Crippen molar-refractivity contribution >= 4 is 17.6 Å². The zero-order chi connectivity index (χ0) is 10.7. The van der Waals surface area contributed by atoms with E-state index in [2.05, 4.69) is 0 Å². The summed E-state index contributed by atoms with van der Waals surface area (Å²) >= 11 is 5.73. The second-order valence-electron chi connectivity index (χ2n) is 2.99. The average Bonchev–Trinajstić information content (AvgIpc) is 2.09. The molecule has 0 saturated heterocycles. The van der Waals surface area contributed by atoms with Crippen LogP contribution >= 0.6 is 11.6 Å². The van der Waals surface area contributed by atoms with Crippen LogP contribution in [0.2, 0.25) is 5.02 Å². The van der Waals surface area contributed by atoms with Gasteiger partial charge in [-0.2, -0.15) is 0 Å². The first-order valence-electron chi connectivity index (χ1n) is 4.14. The van der Waals surface area contributed by atoms with Gasteiger partial charge in [-0.05, 0) is 37.6 Å². The van der Waals surface area contributed by atoms with Crippen LogP contribution in [0.15, 0.2) is 18.2 Å². The number of hydrogen-bond acceptors (Lipinski definition) is 3. The molecular weight excluding hydrogens is 243 g/mol. The number of aliphatic carboxylic acids is 1. The smallest absolute Gasteiger partial charge is 0.546 e. The molecule has 0 aliphatic carbocycles. The van der Waals surface area contributed by atoms with E-state index in [9.17, 15) is 9.90 Å². The Balaban J connectivity index is 0.00000196. The summed E-state index contributed by atoms with van der Waals surface area (Å²) in [6.07, 6.45) is -0.963. The second-order valence-corrected chi connectivity index (χ2v) is 3.43. The normalized spacial score (nSPS) is 11.4. The molecule has 0 fully saturated rings. The SMILES string of the molecule is Cc1cc(Cl)ccc1O[C@@H](C)C(=O)[O-].[K+]. The summed E-state index contributed by atoms with van der Waals surface area (Å²) in [4.78, 5) is 10.4. The maximum atomic E-state index is 10.4. The Kier molecular flexibility index (Phi) is 7.07. The summed E-state index contributed by atoms with van der Waals surface area (Å²) in [5.41, 5.74) is 0.797. The monoisotopic (exact) mass is 252 g/mol. The van der Waals surface area contributed by atoms with Crippen molar-refractivity contribution in [3.8, 4) is 5.75 Å². The number of aryl methyl sites for hydroxylation is 1. The standard InChI is InChI=1S/C10H11ClO3.K/c1-6-5-8(11)3-4-9(6)14-7(2)10(12)13;/h3-5,7H,1-2H3,(H,12,13);/q;+1/p-1/t7-;/m0./s1. The third-order valence-electron chi connectivity index (χ3n) is 1.77. The van der Waals surface area contributed by atoms with Crippen molar-refractivity contribution in [3.05, 3.63) is 28.8 Å². The van der Waals surface area contributed by atoms with Crippen molar-refractivity contribution in [2.75, 3.05) is 0 Å². The molecule has 0 unspecified atom stereocenters. The molecule has 15 heavy (non-hydrogen) atoms. The minimum absolute atomic E-state index is 0. The Labute approximate surface area is 136 Å². The van der Waals surface area contributed by atoms with Gasteiger partial charge in [0.1, 0.15) is 11.9 Å². The minimum Gasteiger partial charge on any atom is -0.546 e. The Morgan fingerprint density at radius 2 is 2.13 bits per heavy atom. The van der Waals surface area contributed by atoms with Crippen LogP contribution in [0, 0.1) is 6.92 Å². The molecule has 1 aromatic rings. The van der Waals surface area contributed by atoms with Crippen molar-refractivity contribution in [3.63, 3.8) is 0 Å². The predicted molar refractivity (Wildman–Crippen MR) is 51.3 cm³/mol. The van der Waals surface area contributed by atoms with Gasteiger partial charge in [-0.15, -0.1) is 0 Å². The molecule has 1 atom stereocenters. The van der Waals surface area contributed by atoms with Gasteiger partial charge in [0.15, 0.2) is 0 Å². The van der Waals surface area contributed by atoms with E-state index in [4.69, 9.17) is 16.3 Å². The second kappa shape index (κ2) is 6.88. The van der Waals surface area contributed by atoms with E-state index in [1.54, 1.807) is 25.1 Å². The first kappa shape index (κ1) is 15.4. The average molecular weight is 253 g/mol. The fraction of sp³-hybridized carbons (Fsp3) is 0.300. The zero-order valence-corrected chi connectivity index (χ0v) is 12.8. The van der Waals surface area contributed by atoms with Gasteiger partial charge < -0.3 is 14.6 Å². The van der Waals surface area contributed by atoms with Gasteiger partial charge in [-0.25, -0.2) is 0 Å². The first-order chi connectivity index (χ1) is 6.50. The number of carbonyl (C=O) groups excluding carboxylic acids is 1. The molecule has 1 aromatic carbocycles. The quantitative estimate of drug-likeness (QED) is 0.595. The van der Waals surface area contributed by atoms with Crippen molar-refractivity contribution in [1.82, 2.24) is 0 Å². The topological polar surface area (TPSA) is 49.4 Å². The molecule has 3 nitrogen and oxygen atoms in total. The van der Waals surface area contributed by atoms with E-state index >= 15 is 0 Å². The molecule has 0 saturated carbocycles. The molecule has 0 radical (unpaired) electrons. The van der Waals surface area contributed by atoms with Gasteiger partial charge >= 0.3 is 51.4 Å². The van der Waals surface area contributed by atoms with E-state index < -0.39 is 12.1 Å². The fourth-order valence-corrected chi connectivity index (χ4v) is 1.21. The van der Waals surface area contributed by atoms with Gasteiger partial charge in [-0.1, -0.05) is 11.6 Å². The molecule has 0 spiro atoms. The number of halogens is 1. The summed E-state index contributed by atoms with van der Waals surface area (Å²) in [7, 11) is 0. The van der Waals surface area contributed by atoms with Crippen LogP contribution in [-0.4, -0.2) is 12.1 Å². The van der Waals surface area contributed by atoms with Crippen LogP contribution in [0.4, 0.5) is 0 Å². The van der Waals surface area contributed by atoms with E-state index in [0.717, 1.165) is 5.56 Å². The molecular formula is C10H10ClKO3. The van der Waals surface area contributed by atoms with Gasteiger partial charge in [0.2, 0.25) is 0 Å². The van der Waals surface area contributed by atoms with Crippen LogP contribution in [0.5, 0.6) is 5.75 Å². The Morgan fingerprint density at radius 1 is 1.53 bits per heavy atom. The summed E-state index contributed by atoms with van der Waals surface area (Å²) in [5, 5.41) is 11.0. The van der Waals surface area contributed by atoms with Crippen molar-refractivity contribution in [2.45, 2.75) is 20.0 Å². The molecule has 1 rings (SSSR count). The molecule has 0 aliphatic rings. The number of hydrogen-bond donors (Lipinski definition) is 0. The summed E-state index contributed by atoms with van der Waals surface area (Å²) in [5.74, 6) is -0.731. The zero-order valence-electron chi connectivity index (χ0n) is 8.91. The maximum Gasteiger partial charge on any atom is 1.00 e.